The van der Waals surface area contributed by atoms with Crippen LogP contribution in [0.2, 0.25) is 0 Å². The van der Waals surface area contributed by atoms with Crippen molar-refractivity contribution in [2.24, 2.45) is 13.0 Å². The number of hydrogen-bond acceptors (Lipinski definition) is 7. The molecule has 22 heavy (non-hydrogen) atoms. The summed E-state index contributed by atoms with van der Waals surface area (Å²) in [5.74, 6) is 1.19. The fourth-order valence-electron chi connectivity index (χ4n) is 2.31. The quantitative estimate of drug-likeness (QED) is 0.713. The maximum absolute atomic E-state index is 5.70. The largest absolute Gasteiger partial charge is 0.370 e. The summed E-state index contributed by atoms with van der Waals surface area (Å²) in [4.78, 5) is 8.72. The monoisotopic (exact) mass is 302 g/mol. The third-order valence-electron chi connectivity index (χ3n) is 3.37. The highest BCUT2D eigenvalue weighted by Crippen LogP contribution is 2.28. The molecule has 0 aliphatic carbocycles. The molecule has 0 amide bonds. The van der Waals surface area contributed by atoms with E-state index in [0.717, 1.165) is 5.56 Å². The normalized spacial score (nSPS) is 13.1. The summed E-state index contributed by atoms with van der Waals surface area (Å²) < 4.78 is 12.7. The molecule has 0 spiro atoms. The highest BCUT2D eigenvalue weighted by atomic mass is 16.5. The molecule has 3 rings (SSSR count). The predicted octanol–water partition coefficient (Wildman–Crippen LogP) is 2.15. The van der Waals surface area contributed by atoms with E-state index >= 15 is 0 Å². The van der Waals surface area contributed by atoms with Gasteiger partial charge in [-0.05, 0) is 18.9 Å². The van der Waals surface area contributed by atoms with E-state index in [0.29, 0.717) is 29.5 Å². The Bertz CT molecular complexity index is 779. The molecule has 0 N–H and O–H groups in total. The molecule has 3 aromatic heterocycles. The molecule has 0 fully saturated rings. The lowest BCUT2D eigenvalue weighted by Gasteiger charge is -2.16. The first kappa shape index (κ1) is 14.6. The standard InChI is InChI=1S/C14H18N6O2/c1-5-21-11(8(2)3)12-16-14(22-18-12)9-6-7-15-13-10(9)17-19-20(13)4/h6-8,11H,5H2,1-4H3. The van der Waals surface area contributed by atoms with Gasteiger partial charge in [0.05, 0.1) is 5.56 Å². The number of aromatic nitrogens is 6. The Labute approximate surface area is 127 Å². The summed E-state index contributed by atoms with van der Waals surface area (Å²) in [5.41, 5.74) is 2.02. The minimum atomic E-state index is -0.193. The molecule has 1 unspecified atom stereocenters. The van der Waals surface area contributed by atoms with Gasteiger partial charge in [-0.2, -0.15) is 4.98 Å². The molecule has 0 saturated heterocycles. The van der Waals surface area contributed by atoms with Crippen molar-refractivity contribution >= 4 is 11.2 Å². The van der Waals surface area contributed by atoms with Crippen LogP contribution in [-0.4, -0.2) is 36.7 Å². The molecule has 116 valence electrons. The summed E-state index contributed by atoms with van der Waals surface area (Å²) in [5, 5.41) is 12.1. The minimum absolute atomic E-state index is 0.193. The van der Waals surface area contributed by atoms with Crippen LogP contribution in [0.3, 0.4) is 0 Å². The lowest BCUT2D eigenvalue weighted by atomic mass is 10.1. The van der Waals surface area contributed by atoms with Crippen molar-refractivity contribution in [3.63, 3.8) is 0 Å². The summed E-state index contributed by atoms with van der Waals surface area (Å²) in [6.45, 7) is 6.66. The molecule has 0 aliphatic rings. The Kier molecular flexibility index (Phi) is 3.84. The van der Waals surface area contributed by atoms with Crippen molar-refractivity contribution in [3.8, 4) is 11.5 Å². The zero-order chi connectivity index (χ0) is 15.7. The molecule has 3 heterocycles. The summed E-state index contributed by atoms with van der Waals surface area (Å²) in [6, 6.07) is 1.79. The minimum Gasteiger partial charge on any atom is -0.370 e. The average Bonchev–Trinajstić information content (AvgIpc) is 3.12. The number of hydrogen-bond donors (Lipinski definition) is 0. The van der Waals surface area contributed by atoms with Gasteiger partial charge in [0.25, 0.3) is 5.89 Å². The van der Waals surface area contributed by atoms with E-state index in [1.165, 1.54) is 0 Å². The van der Waals surface area contributed by atoms with Crippen LogP contribution in [0.1, 0.15) is 32.7 Å². The van der Waals surface area contributed by atoms with Crippen molar-refractivity contribution < 1.29 is 9.26 Å². The molecule has 0 radical (unpaired) electrons. The van der Waals surface area contributed by atoms with Crippen molar-refractivity contribution in [1.29, 1.82) is 0 Å². The first-order chi connectivity index (χ1) is 10.6. The molecule has 8 nitrogen and oxygen atoms in total. The molecule has 0 bridgehead atoms. The zero-order valence-corrected chi connectivity index (χ0v) is 13.0. The van der Waals surface area contributed by atoms with Gasteiger partial charge in [-0.1, -0.05) is 24.2 Å². The van der Waals surface area contributed by atoms with Crippen LogP contribution >= 0.6 is 0 Å². The topological polar surface area (TPSA) is 91.8 Å². The first-order valence-electron chi connectivity index (χ1n) is 7.21. The third kappa shape index (κ3) is 2.45. The zero-order valence-electron chi connectivity index (χ0n) is 13.0. The number of ether oxygens (including phenoxy) is 1. The van der Waals surface area contributed by atoms with Gasteiger partial charge < -0.3 is 9.26 Å². The number of fused-ring (bicyclic) bond motifs is 1. The van der Waals surface area contributed by atoms with Crippen molar-refractivity contribution in [1.82, 2.24) is 30.1 Å². The lowest BCUT2D eigenvalue weighted by molar-refractivity contribution is 0.0217. The number of nitrogens with zero attached hydrogens (tertiary/aromatic N) is 6. The molecular formula is C14H18N6O2. The number of pyridine rings is 1. The smallest absolute Gasteiger partial charge is 0.260 e. The second-order valence-electron chi connectivity index (χ2n) is 5.32. The van der Waals surface area contributed by atoms with Gasteiger partial charge in [0.1, 0.15) is 11.6 Å². The maximum Gasteiger partial charge on any atom is 0.260 e. The van der Waals surface area contributed by atoms with Gasteiger partial charge in [-0.25, -0.2) is 9.67 Å². The molecule has 0 aromatic carbocycles. The van der Waals surface area contributed by atoms with Crippen LogP contribution in [0.4, 0.5) is 0 Å². The van der Waals surface area contributed by atoms with Crippen molar-refractivity contribution in [2.75, 3.05) is 6.61 Å². The van der Waals surface area contributed by atoms with Crippen molar-refractivity contribution in [2.45, 2.75) is 26.9 Å². The summed E-state index contributed by atoms with van der Waals surface area (Å²) >= 11 is 0. The third-order valence-corrected chi connectivity index (χ3v) is 3.37. The van der Waals surface area contributed by atoms with E-state index in [2.05, 4.69) is 39.3 Å². The van der Waals surface area contributed by atoms with E-state index in [9.17, 15) is 0 Å². The molecule has 3 aromatic rings. The molecule has 8 heteroatoms. The van der Waals surface area contributed by atoms with E-state index in [1.807, 2.05) is 6.92 Å². The average molecular weight is 302 g/mol. The Balaban J connectivity index is 2.02. The van der Waals surface area contributed by atoms with Gasteiger partial charge in [-0.3, -0.25) is 0 Å². The summed E-state index contributed by atoms with van der Waals surface area (Å²) in [7, 11) is 1.79. The molecule has 1 atom stereocenters. The maximum atomic E-state index is 5.70. The number of aryl methyl sites for hydroxylation is 1. The highest BCUT2D eigenvalue weighted by molar-refractivity contribution is 5.86. The molecule has 0 saturated carbocycles. The Morgan fingerprint density at radius 2 is 2.18 bits per heavy atom. The van der Waals surface area contributed by atoms with Crippen LogP contribution < -0.4 is 0 Å². The Hall–Kier alpha value is -2.35. The van der Waals surface area contributed by atoms with E-state index in [-0.39, 0.29) is 12.0 Å². The van der Waals surface area contributed by atoms with Crippen LogP contribution in [0.15, 0.2) is 16.8 Å². The van der Waals surface area contributed by atoms with Crippen molar-refractivity contribution in [3.05, 3.63) is 18.1 Å². The van der Waals surface area contributed by atoms with Gasteiger partial charge in [-0.15, -0.1) is 5.10 Å². The second-order valence-corrected chi connectivity index (χ2v) is 5.32. The van der Waals surface area contributed by atoms with E-state index in [1.54, 1.807) is 24.0 Å². The summed E-state index contributed by atoms with van der Waals surface area (Å²) in [6.07, 6.45) is 1.48. The van der Waals surface area contributed by atoms with Gasteiger partial charge in [0, 0.05) is 19.9 Å². The van der Waals surface area contributed by atoms with E-state index < -0.39 is 0 Å². The molecular weight excluding hydrogens is 284 g/mol. The van der Waals surface area contributed by atoms with Gasteiger partial charge in [0.15, 0.2) is 5.65 Å². The number of rotatable bonds is 5. The van der Waals surface area contributed by atoms with Crippen LogP contribution in [-0.2, 0) is 11.8 Å². The Morgan fingerprint density at radius 1 is 1.36 bits per heavy atom. The lowest BCUT2D eigenvalue weighted by Crippen LogP contribution is -2.12. The second kappa shape index (κ2) is 5.80. The van der Waals surface area contributed by atoms with Gasteiger partial charge >= 0.3 is 0 Å². The first-order valence-corrected chi connectivity index (χ1v) is 7.21. The van der Waals surface area contributed by atoms with Gasteiger partial charge in [0.2, 0.25) is 5.82 Å². The predicted molar refractivity (Wildman–Crippen MR) is 78.8 cm³/mol. The van der Waals surface area contributed by atoms with Crippen LogP contribution in [0.25, 0.3) is 22.6 Å². The van der Waals surface area contributed by atoms with Crippen LogP contribution in [0, 0.1) is 5.92 Å². The van der Waals surface area contributed by atoms with Crippen LogP contribution in [0.5, 0.6) is 0 Å². The fraction of sp³-hybridized carbons (Fsp3) is 0.500. The SMILES string of the molecule is CCOC(c1noc(-c2ccnc3c2nnn3C)n1)C(C)C. The Morgan fingerprint density at radius 3 is 2.91 bits per heavy atom. The fourth-order valence-corrected chi connectivity index (χ4v) is 2.31. The molecule has 0 aliphatic heterocycles. The van der Waals surface area contributed by atoms with E-state index in [4.69, 9.17) is 9.26 Å². The highest BCUT2D eigenvalue weighted by Gasteiger charge is 2.24.